The van der Waals surface area contributed by atoms with Gasteiger partial charge in [0.1, 0.15) is 11.6 Å². The molecule has 0 saturated carbocycles. The molecular weight excluding hydrogens is 272 g/mol. The highest BCUT2D eigenvalue weighted by atomic mass is 16.6. The van der Waals surface area contributed by atoms with Gasteiger partial charge in [-0.2, -0.15) is 0 Å². The van der Waals surface area contributed by atoms with E-state index in [-0.39, 0.29) is 17.9 Å². The highest BCUT2D eigenvalue weighted by Crippen LogP contribution is 2.09. The van der Waals surface area contributed by atoms with Crippen LogP contribution in [-0.4, -0.2) is 43.9 Å². The number of esters is 1. The van der Waals surface area contributed by atoms with Crippen LogP contribution in [0.5, 0.6) is 0 Å². The lowest BCUT2D eigenvalue weighted by Gasteiger charge is -2.22. The molecule has 0 aromatic heterocycles. The molecule has 0 spiro atoms. The zero-order valence-electron chi connectivity index (χ0n) is 14.1. The van der Waals surface area contributed by atoms with Crippen molar-refractivity contribution in [1.82, 2.24) is 10.6 Å². The first kappa shape index (κ1) is 19.7. The molecule has 0 rings (SSSR count). The zero-order valence-corrected chi connectivity index (χ0v) is 14.1. The number of nitrogens with one attached hydrogen (secondary N) is 2. The van der Waals surface area contributed by atoms with Crippen LogP contribution in [0.2, 0.25) is 0 Å². The van der Waals surface area contributed by atoms with Crippen LogP contribution in [0, 0.1) is 5.92 Å². The second-order valence-corrected chi connectivity index (χ2v) is 6.12. The SMILES string of the molecule is CCC(C)C(NCCCNC(=O)OC(C)(C)C)C(=O)OC. The van der Waals surface area contributed by atoms with Gasteiger partial charge in [0.05, 0.1) is 7.11 Å². The van der Waals surface area contributed by atoms with Gasteiger partial charge in [0.2, 0.25) is 0 Å². The Balaban J connectivity index is 3.96. The van der Waals surface area contributed by atoms with Crippen LogP contribution in [0.4, 0.5) is 4.79 Å². The summed E-state index contributed by atoms with van der Waals surface area (Å²) in [6.45, 7) is 10.6. The summed E-state index contributed by atoms with van der Waals surface area (Å²) in [4.78, 5) is 23.1. The molecule has 0 aromatic rings. The van der Waals surface area contributed by atoms with E-state index in [2.05, 4.69) is 10.6 Å². The summed E-state index contributed by atoms with van der Waals surface area (Å²) in [5, 5.41) is 5.86. The van der Waals surface area contributed by atoms with Crippen molar-refractivity contribution < 1.29 is 19.1 Å². The molecule has 0 aromatic carbocycles. The Hall–Kier alpha value is -1.30. The maximum Gasteiger partial charge on any atom is 0.407 e. The summed E-state index contributed by atoms with van der Waals surface area (Å²) < 4.78 is 9.93. The van der Waals surface area contributed by atoms with Crippen molar-refractivity contribution in [2.45, 2.75) is 59.1 Å². The maximum absolute atomic E-state index is 11.7. The fourth-order valence-corrected chi connectivity index (χ4v) is 1.73. The Labute approximate surface area is 127 Å². The van der Waals surface area contributed by atoms with Gasteiger partial charge in [-0.15, -0.1) is 0 Å². The Morgan fingerprint density at radius 3 is 2.29 bits per heavy atom. The van der Waals surface area contributed by atoms with Gasteiger partial charge in [-0.25, -0.2) is 4.79 Å². The molecule has 0 heterocycles. The first-order valence-corrected chi connectivity index (χ1v) is 7.49. The molecule has 0 aliphatic heterocycles. The number of ether oxygens (including phenoxy) is 2. The van der Waals surface area contributed by atoms with Gasteiger partial charge >= 0.3 is 12.1 Å². The number of carbonyl (C=O) groups excluding carboxylic acids is 2. The second kappa shape index (κ2) is 9.60. The summed E-state index contributed by atoms with van der Waals surface area (Å²) in [5.41, 5.74) is -0.491. The van der Waals surface area contributed by atoms with E-state index < -0.39 is 11.7 Å². The van der Waals surface area contributed by atoms with Gasteiger partial charge in [0.15, 0.2) is 0 Å². The minimum Gasteiger partial charge on any atom is -0.468 e. The molecule has 0 fully saturated rings. The number of carbonyl (C=O) groups is 2. The van der Waals surface area contributed by atoms with Gasteiger partial charge in [-0.1, -0.05) is 20.3 Å². The smallest absolute Gasteiger partial charge is 0.407 e. The lowest BCUT2D eigenvalue weighted by atomic mass is 9.99. The van der Waals surface area contributed by atoms with Crippen molar-refractivity contribution >= 4 is 12.1 Å². The van der Waals surface area contributed by atoms with Crippen molar-refractivity contribution in [3.63, 3.8) is 0 Å². The van der Waals surface area contributed by atoms with Gasteiger partial charge < -0.3 is 20.1 Å². The zero-order chi connectivity index (χ0) is 16.5. The molecule has 2 unspecified atom stereocenters. The Bertz CT molecular complexity index is 326. The van der Waals surface area contributed by atoms with Crippen molar-refractivity contribution in [1.29, 1.82) is 0 Å². The molecule has 6 nitrogen and oxygen atoms in total. The first-order valence-electron chi connectivity index (χ1n) is 7.49. The molecule has 1 amide bonds. The molecule has 0 saturated heterocycles. The van der Waals surface area contributed by atoms with E-state index in [4.69, 9.17) is 9.47 Å². The summed E-state index contributed by atoms with van der Waals surface area (Å²) in [6.07, 6.45) is 1.18. The lowest BCUT2D eigenvalue weighted by molar-refractivity contribution is -0.144. The highest BCUT2D eigenvalue weighted by molar-refractivity contribution is 5.75. The predicted molar refractivity (Wildman–Crippen MR) is 82.1 cm³/mol. The van der Waals surface area contributed by atoms with E-state index in [1.54, 1.807) is 0 Å². The number of methoxy groups -OCH3 is 1. The van der Waals surface area contributed by atoms with E-state index >= 15 is 0 Å². The average Bonchev–Trinajstić information content (AvgIpc) is 2.39. The molecule has 2 atom stereocenters. The van der Waals surface area contributed by atoms with Gasteiger partial charge in [0, 0.05) is 6.54 Å². The van der Waals surface area contributed by atoms with Gasteiger partial charge in [-0.3, -0.25) is 4.79 Å². The fraction of sp³-hybridized carbons (Fsp3) is 0.867. The Morgan fingerprint density at radius 2 is 1.81 bits per heavy atom. The van der Waals surface area contributed by atoms with Crippen molar-refractivity contribution in [3.8, 4) is 0 Å². The van der Waals surface area contributed by atoms with Gasteiger partial charge in [-0.05, 0) is 39.7 Å². The fourth-order valence-electron chi connectivity index (χ4n) is 1.73. The monoisotopic (exact) mass is 302 g/mol. The molecule has 6 heteroatoms. The summed E-state index contributed by atoms with van der Waals surface area (Å²) in [6, 6.07) is -0.304. The quantitative estimate of drug-likeness (QED) is 0.530. The number of hydrogen-bond donors (Lipinski definition) is 2. The largest absolute Gasteiger partial charge is 0.468 e. The minimum absolute atomic E-state index is 0.205. The number of amides is 1. The molecule has 0 bridgehead atoms. The molecule has 0 aliphatic carbocycles. The van der Waals surface area contributed by atoms with E-state index in [0.717, 1.165) is 6.42 Å². The number of hydrogen-bond acceptors (Lipinski definition) is 5. The molecule has 0 radical (unpaired) electrons. The van der Waals surface area contributed by atoms with Crippen molar-refractivity contribution in [2.24, 2.45) is 5.92 Å². The van der Waals surface area contributed by atoms with Crippen molar-refractivity contribution in [2.75, 3.05) is 20.2 Å². The predicted octanol–water partition coefficient (Wildman–Crippen LogP) is 2.08. The minimum atomic E-state index is -0.491. The standard InChI is InChI=1S/C15H30N2O4/c1-7-11(2)12(13(18)20-6)16-9-8-10-17-14(19)21-15(3,4)5/h11-12,16H,7-10H2,1-6H3,(H,17,19). The van der Waals surface area contributed by atoms with Crippen LogP contribution in [0.25, 0.3) is 0 Å². The summed E-state index contributed by atoms with van der Waals surface area (Å²) >= 11 is 0. The molecule has 0 aliphatic rings. The van der Waals surface area contributed by atoms with E-state index in [0.29, 0.717) is 19.5 Å². The highest BCUT2D eigenvalue weighted by Gasteiger charge is 2.23. The third-order valence-electron chi connectivity index (χ3n) is 3.05. The molecular formula is C15H30N2O4. The molecule has 124 valence electrons. The number of rotatable bonds is 8. The van der Waals surface area contributed by atoms with E-state index in [1.807, 2.05) is 34.6 Å². The molecule has 21 heavy (non-hydrogen) atoms. The third kappa shape index (κ3) is 9.28. The maximum atomic E-state index is 11.7. The lowest BCUT2D eigenvalue weighted by Crippen LogP contribution is -2.43. The third-order valence-corrected chi connectivity index (χ3v) is 3.05. The van der Waals surface area contributed by atoms with Crippen LogP contribution in [-0.2, 0) is 14.3 Å². The van der Waals surface area contributed by atoms with Crippen LogP contribution in [0.1, 0.15) is 47.5 Å². The summed E-state index contributed by atoms with van der Waals surface area (Å²) in [5.74, 6) is -0.0410. The van der Waals surface area contributed by atoms with Crippen molar-refractivity contribution in [3.05, 3.63) is 0 Å². The van der Waals surface area contributed by atoms with Gasteiger partial charge in [0.25, 0.3) is 0 Å². The Morgan fingerprint density at radius 1 is 1.19 bits per heavy atom. The molecule has 2 N–H and O–H groups in total. The topological polar surface area (TPSA) is 76.7 Å². The van der Waals surface area contributed by atoms with E-state index in [1.165, 1.54) is 7.11 Å². The summed E-state index contributed by atoms with van der Waals surface area (Å²) in [7, 11) is 1.39. The van der Waals surface area contributed by atoms with E-state index in [9.17, 15) is 9.59 Å². The van der Waals surface area contributed by atoms with Crippen LogP contribution in [0.15, 0.2) is 0 Å². The van der Waals surface area contributed by atoms with Crippen LogP contribution >= 0.6 is 0 Å². The Kier molecular flexibility index (Phi) is 9.01. The average molecular weight is 302 g/mol. The van der Waals surface area contributed by atoms with Crippen LogP contribution < -0.4 is 10.6 Å². The van der Waals surface area contributed by atoms with Crippen LogP contribution in [0.3, 0.4) is 0 Å². The second-order valence-electron chi connectivity index (χ2n) is 6.12. The normalized spacial score (nSPS) is 14.2. The number of alkyl carbamates (subject to hydrolysis) is 1. The first-order chi connectivity index (χ1) is 9.71.